The first-order valence-electron chi connectivity index (χ1n) is 9.02. The molecular formula is C20H26N2O4S. The van der Waals surface area contributed by atoms with E-state index < -0.39 is 10.0 Å². The minimum absolute atomic E-state index is 0.0946. The van der Waals surface area contributed by atoms with Gasteiger partial charge in [-0.05, 0) is 36.2 Å². The smallest absolute Gasteiger partial charge is 0.240 e. The molecule has 1 aliphatic rings. The third-order valence-electron chi connectivity index (χ3n) is 4.81. The number of morpholine rings is 1. The number of rotatable bonds is 7. The SMILES string of the molecule is COc1cccc(C(CNS(=O)(=O)c2ccccc2C)N2CCOCC2)c1. The van der Waals surface area contributed by atoms with Crippen molar-refractivity contribution < 1.29 is 17.9 Å². The number of benzene rings is 2. The first-order valence-corrected chi connectivity index (χ1v) is 10.5. The Morgan fingerprint density at radius 2 is 1.89 bits per heavy atom. The predicted octanol–water partition coefficient (Wildman–Crippen LogP) is 2.36. The summed E-state index contributed by atoms with van der Waals surface area (Å²) in [4.78, 5) is 2.56. The molecule has 1 unspecified atom stereocenters. The standard InChI is InChI=1S/C20H26N2O4S/c1-16-6-3-4-9-20(16)27(23,24)21-15-19(22-10-12-26-13-11-22)17-7-5-8-18(14-17)25-2/h3-9,14,19,21H,10-13,15H2,1-2H3. The summed E-state index contributed by atoms with van der Waals surface area (Å²) in [5, 5.41) is 0. The zero-order chi connectivity index (χ0) is 19.3. The molecule has 1 saturated heterocycles. The summed E-state index contributed by atoms with van der Waals surface area (Å²) in [5.74, 6) is 0.757. The van der Waals surface area contributed by atoms with Crippen LogP contribution in [0.4, 0.5) is 0 Å². The maximum Gasteiger partial charge on any atom is 0.240 e. The van der Waals surface area contributed by atoms with Crippen LogP contribution in [-0.4, -0.2) is 53.3 Å². The molecule has 0 amide bonds. The molecule has 6 nitrogen and oxygen atoms in total. The zero-order valence-corrected chi connectivity index (χ0v) is 16.5. The van der Waals surface area contributed by atoms with Crippen LogP contribution in [0, 0.1) is 6.92 Å². The quantitative estimate of drug-likeness (QED) is 0.786. The fraction of sp³-hybridized carbons (Fsp3) is 0.400. The molecule has 7 heteroatoms. The molecule has 0 aromatic heterocycles. The molecule has 3 rings (SSSR count). The Hall–Kier alpha value is -1.93. The lowest BCUT2D eigenvalue weighted by atomic mass is 10.0. The molecule has 1 N–H and O–H groups in total. The fourth-order valence-corrected chi connectivity index (χ4v) is 4.60. The Bertz CT molecular complexity index is 864. The van der Waals surface area contributed by atoms with Crippen molar-refractivity contribution in [2.24, 2.45) is 0 Å². The topological polar surface area (TPSA) is 67.9 Å². The maximum atomic E-state index is 12.8. The van der Waals surface area contributed by atoms with E-state index in [0.717, 1.165) is 30.0 Å². The monoisotopic (exact) mass is 390 g/mol. The van der Waals surface area contributed by atoms with E-state index in [9.17, 15) is 8.42 Å². The molecular weight excluding hydrogens is 364 g/mol. The minimum atomic E-state index is -3.59. The first kappa shape index (κ1) is 19.8. The number of methoxy groups -OCH3 is 1. The Labute approximate surface area is 161 Å². The van der Waals surface area contributed by atoms with E-state index in [1.54, 1.807) is 32.2 Å². The Morgan fingerprint density at radius 1 is 1.15 bits per heavy atom. The van der Waals surface area contributed by atoms with Gasteiger partial charge in [-0.25, -0.2) is 13.1 Å². The summed E-state index contributed by atoms with van der Waals surface area (Å²) in [6, 6.07) is 14.7. The van der Waals surface area contributed by atoms with Crippen LogP contribution in [0.25, 0.3) is 0 Å². The van der Waals surface area contributed by atoms with Crippen LogP contribution in [0.2, 0.25) is 0 Å². The molecule has 1 aliphatic heterocycles. The van der Waals surface area contributed by atoms with Crippen LogP contribution in [-0.2, 0) is 14.8 Å². The summed E-state index contributed by atoms with van der Waals surface area (Å²) in [6.45, 7) is 4.89. The van der Waals surface area contributed by atoms with Gasteiger partial charge in [0, 0.05) is 25.7 Å². The summed E-state index contributed by atoms with van der Waals surface area (Å²) >= 11 is 0. The van der Waals surface area contributed by atoms with Gasteiger partial charge < -0.3 is 9.47 Å². The van der Waals surface area contributed by atoms with Crippen molar-refractivity contribution in [3.63, 3.8) is 0 Å². The van der Waals surface area contributed by atoms with Gasteiger partial charge in [-0.3, -0.25) is 4.90 Å². The molecule has 0 saturated carbocycles. The molecule has 0 radical (unpaired) electrons. The molecule has 0 aliphatic carbocycles. The number of ether oxygens (including phenoxy) is 2. The fourth-order valence-electron chi connectivity index (χ4n) is 3.32. The van der Waals surface area contributed by atoms with Gasteiger partial charge in [0.2, 0.25) is 10.0 Å². The second-order valence-corrected chi connectivity index (χ2v) is 8.29. The molecule has 1 heterocycles. The van der Waals surface area contributed by atoms with Crippen molar-refractivity contribution >= 4 is 10.0 Å². The number of nitrogens with one attached hydrogen (secondary N) is 1. The van der Waals surface area contributed by atoms with Crippen molar-refractivity contribution in [3.8, 4) is 5.75 Å². The van der Waals surface area contributed by atoms with E-state index >= 15 is 0 Å². The lowest BCUT2D eigenvalue weighted by molar-refractivity contribution is 0.0171. The number of sulfonamides is 1. The zero-order valence-electron chi connectivity index (χ0n) is 15.7. The third kappa shape index (κ3) is 4.87. The van der Waals surface area contributed by atoms with Crippen molar-refractivity contribution in [1.29, 1.82) is 0 Å². The average molecular weight is 391 g/mol. The second kappa shape index (κ2) is 8.84. The number of hydrogen-bond donors (Lipinski definition) is 1. The second-order valence-electron chi connectivity index (χ2n) is 6.56. The lowest BCUT2D eigenvalue weighted by Gasteiger charge is -2.35. The van der Waals surface area contributed by atoms with Crippen molar-refractivity contribution in [1.82, 2.24) is 9.62 Å². The molecule has 2 aromatic carbocycles. The molecule has 2 aromatic rings. The van der Waals surface area contributed by atoms with Crippen LogP contribution in [0.15, 0.2) is 53.4 Å². The van der Waals surface area contributed by atoms with Gasteiger partial charge in [0.15, 0.2) is 0 Å². The highest BCUT2D eigenvalue weighted by Gasteiger charge is 2.26. The summed E-state index contributed by atoms with van der Waals surface area (Å²) in [5.41, 5.74) is 1.75. The Morgan fingerprint density at radius 3 is 2.59 bits per heavy atom. The van der Waals surface area contributed by atoms with Gasteiger partial charge in [0.1, 0.15) is 5.75 Å². The lowest BCUT2D eigenvalue weighted by Crippen LogP contribution is -2.43. The van der Waals surface area contributed by atoms with E-state index in [4.69, 9.17) is 9.47 Å². The summed E-state index contributed by atoms with van der Waals surface area (Å²) < 4.78 is 39.2. The molecule has 1 fully saturated rings. The van der Waals surface area contributed by atoms with Crippen molar-refractivity contribution in [3.05, 3.63) is 59.7 Å². The maximum absolute atomic E-state index is 12.8. The van der Waals surface area contributed by atoms with Gasteiger partial charge in [-0.2, -0.15) is 0 Å². The molecule has 27 heavy (non-hydrogen) atoms. The summed E-state index contributed by atoms with van der Waals surface area (Å²) in [6.07, 6.45) is 0. The van der Waals surface area contributed by atoms with E-state index in [1.165, 1.54) is 0 Å². The molecule has 0 bridgehead atoms. The van der Waals surface area contributed by atoms with Gasteiger partial charge in [0.25, 0.3) is 0 Å². The minimum Gasteiger partial charge on any atom is -0.497 e. The van der Waals surface area contributed by atoms with Crippen LogP contribution in [0.5, 0.6) is 5.75 Å². The van der Waals surface area contributed by atoms with Crippen molar-refractivity contribution in [2.45, 2.75) is 17.9 Å². The van der Waals surface area contributed by atoms with Gasteiger partial charge >= 0.3 is 0 Å². The normalized spacial score (nSPS) is 16.8. The van der Waals surface area contributed by atoms with E-state index in [0.29, 0.717) is 18.1 Å². The number of nitrogens with zero attached hydrogens (tertiary/aromatic N) is 1. The molecule has 1 atom stereocenters. The average Bonchev–Trinajstić information content (AvgIpc) is 2.69. The van der Waals surface area contributed by atoms with Crippen molar-refractivity contribution in [2.75, 3.05) is 40.0 Å². The van der Waals surface area contributed by atoms with E-state index in [-0.39, 0.29) is 12.6 Å². The highest BCUT2D eigenvalue weighted by molar-refractivity contribution is 7.89. The van der Waals surface area contributed by atoms with Gasteiger partial charge in [0.05, 0.1) is 25.2 Å². The van der Waals surface area contributed by atoms with Crippen LogP contribution < -0.4 is 9.46 Å². The first-order chi connectivity index (χ1) is 13.0. The highest BCUT2D eigenvalue weighted by atomic mass is 32.2. The Kier molecular flexibility index (Phi) is 6.49. The molecule has 0 spiro atoms. The van der Waals surface area contributed by atoms with Crippen LogP contribution in [0.1, 0.15) is 17.2 Å². The van der Waals surface area contributed by atoms with E-state index in [1.807, 2.05) is 30.3 Å². The predicted molar refractivity (Wildman–Crippen MR) is 104 cm³/mol. The number of hydrogen-bond acceptors (Lipinski definition) is 5. The number of aryl methyl sites for hydroxylation is 1. The van der Waals surface area contributed by atoms with E-state index in [2.05, 4.69) is 9.62 Å². The summed E-state index contributed by atoms with van der Waals surface area (Å²) in [7, 11) is -1.96. The Balaban J connectivity index is 1.84. The van der Waals surface area contributed by atoms with Crippen LogP contribution in [0.3, 0.4) is 0 Å². The highest BCUT2D eigenvalue weighted by Crippen LogP contribution is 2.25. The van der Waals surface area contributed by atoms with Gasteiger partial charge in [-0.1, -0.05) is 30.3 Å². The third-order valence-corrected chi connectivity index (χ3v) is 6.40. The van der Waals surface area contributed by atoms with Gasteiger partial charge in [-0.15, -0.1) is 0 Å². The molecule has 146 valence electrons. The largest absolute Gasteiger partial charge is 0.497 e. The van der Waals surface area contributed by atoms with Crippen LogP contribution >= 0.6 is 0 Å².